The molecule has 0 spiro atoms. The number of rotatable bonds is 6. The van der Waals surface area contributed by atoms with Crippen molar-refractivity contribution in [3.8, 4) is 0 Å². The van der Waals surface area contributed by atoms with E-state index < -0.39 is 4.92 Å². The second-order valence-corrected chi connectivity index (χ2v) is 7.12. The van der Waals surface area contributed by atoms with Gasteiger partial charge < -0.3 is 9.64 Å². The molecule has 2 aromatic rings. The molecule has 3 rings (SSSR count). The van der Waals surface area contributed by atoms with Crippen LogP contribution in [-0.4, -0.2) is 43.3 Å². The lowest BCUT2D eigenvalue weighted by Gasteiger charge is -2.28. The minimum absolute atomic E-state index is 0.00652. The lowest BCUT2D eigenvalue weighted by Crippen LogP contribution is -2.36. The fourth-order valence-electron chi connectivity index (χ4n) is 2.84. The van der Waals surface area contributed by atoms with Crippen molar-refractivity contribution in [2.45, 2.75) is 6.42 Å². The van der Waals surface area contributed by atoms with E-state index in [1.165, 1.54) is 12.3 Å². The lowest BCUT2D eigenvalue weighted by atomic mass is 10.1. The van der Waals surface area contributed by atoms with Gasteiger partial charge in [0.25, 0.3) is 5.69 Å². The number of hydrazone groups is 1. The number of nitrogens with one attached hydrogen (secondary N) is 1. The first kappa shape index (κ1) is 20.0. The molecular weight excluding hydrogens is 428 g/mol. The summed E-state index contributed by atoms with van der Waals surface area (Å²) >= 11 is 3.34. The van der Waals surface area contributed by atoms with Crippen LogP contribution in [-0.2, 0) is 16.0 Å². The molecule has 0 bridgehead atoms. The Morgan fingerprint density at radius 1 is 1.25 bits per heavy atom. The van der Waals surface area contributed by atoms with E-state index in [0.717, 1.165) is 10.0 Å². The van der Waals surface area contributed by atoms with Gasteiger partial charge in [-0.1, -0.05) is 34.1 Å². The highest BCUT2D eigenvalue weighted by Gasteiger charge is 2.21. The van der Waals surface area contributed by atoms with Crippen LogP contribution in [0.3, 0.4) is 0 Å². The SMILES string of the molecule is O=C(Cc1ccc(Br)cc1)N/N=C/c1ccc(N2CCOCC2)c([N+](=O)[O-])c1. The number of hydrogen-bond donors (Lipinski definition) is 1. The van der Waals surface area contributed by atoms with E-state index in [4.69, 9.17) is 4.74 Å². The maximum Gasteiger partial charge on any atom is 0.293 e. The molecule has 28 heavy (non-hydrogen) atoms. The maximum atomic E-state index is 12.0. The van der Waals surface area contributed by atoms with Gasteiger partial charge in [-0.3, -0.25) is 14.9 Å². The minimum atomic E-state index is -0.408. The van der Waals surface area contributed by atoms with E-state index in [0.29, 0.717) is 37.6 Å². The predicted octanol–water partition coefficient (Wildman–Crippen LogP) is 2.89. The van der Waals surface area contributed by atoms with Crippen LogP contribution >= 0.6 is 15.9 Å². The smallest absolute Gasteiger partial charge is 0.293 e. The number of nitro groups is 1. The van der Waals surface area contributed by atoms with Crippen LogP contribution in [0.2, 0.25) is 0 Å². The largest absolute Gasteiger partial charge is 0.378 e. The molecule has 1 fully saturated rings. The Labute approximate surface area is 170 Å². The summed E-state index contributed by atoms with van der Waals surface area (Å²) in [5, 5.41) is 15.4. The molecule has 0 unspecified atom stereocenters. The number of nitro benzene ring substituents is 1. The second-order valence-electron chi connectivity index (χ2n) is 6.20. The number of morpholine rings is 1. The van der Waals surface area contributed by atoms with Gasteiger partial charge in [0.2, 0.25) is 5.91 Å². The molecule has 1 N–H and O–H groups in total. The van der Waals surface area contributed by atoms with Crippen LogP contribution in [0, 0.1) is 10.1 Å². The second kappa shape index (κ2) is 9.43. The first-order chi connectivity index (χ1) is 13.5. The molecule has 1 aliphatic rings. The first-order valence-electron chi connectivity index (χ1n) is 8.70. The van der Waals surface area contributed by atoms with Crippen molar-refractivity contribution in [3.05, 3.63) is 68.2 Å². The molecule has 1 saturated heterocycles. The number of carbonyl (C=O) groups is 1. The zero-order valence-corrected chi connectivity index (χ0v) is 16.6. The third-order valence-electron chi connectivity index (χ3n) is 4.23. The number of nitrogens with zero attached hydrogens (tertiary/aromatic N) is 3. The van der Waals surface area contributed by atoms with Crippen molar-refractivity contribution in [1.29, 1.82) is 0 Å². The summed E-state index contributed by atoms with van der Waals surface area (Å²) in [7, 11) is 0. The summed E-state index contributed by atoms with van der Waals surface area (Å²) < 4.78 is 6.24. The van der Waals surface area contributed by atoms with Gasteiger partial charge in [-0.05, 0) is 23.8 Å². The molecule has 146 valence electrons. The van der Waals surface area contributed by atoms with Crippen molar-refractivity contribution in [1.82, 2.24) is 5.43 Å². The molecule has 1 amide bonds. The topological polar surface area (TPSA) is 97.1 Å². The predicted molar refractivity (Wildman–Crippen MR) is 110 cm³/mol. The summed E-state index contributed by atoms with van der Waals surface area (Å²) in [5.41, 5.74) is 4.41. The normalized spacial score (nSPS) is 14.2. The van der Waals surface area contributed by atoms with E-state index >= 15 is 0 Å². The Kier molecular flexibility index (Phi) is 6.72. The van der Waals surface area contributed by atoms with Gasteiger partial charge in [-0.25, -0.2) is 5.43 Å². The van der Waals surface area contributed by atoms with E-state index in [9.17, 15) is 14.9 Å². The van der Waals surface area contributed by atoms with Crippen molar-refractivity contribution >= 4 is 39.4 Å². The molecule has 2 aromatic carbocycles. The highest BCUT2D eigenvalue weighted by molar-refractivity contribution is 9.10. The Bertz CT molecular complexity index is 880. The molecule has 1 heterocycles. The van der Waals surface area contributed by atoms with Crippen LogP contribution in [0.15, 0.2) is 52.0 Å². The molecule has 0 aliphatic carbocycles. The van der Waals surface area contributed by atoms with E-state index in [2.05, 4.69) is 26.5 Å². The summed E-state index contributed by atoms with van der Waals surface area (Å²) in [6.45, 7) is 2.32. The molecule has 0 aromatic heterocycles. The molecular formula is C19H19BrN4O4. The number of halogens is 1. The van der Waals surface area contributed by atoms with Gasteiger partial charge in [-0.2, -0.15) is 5.10 Å². The fraction of sp³-hybridized carbons (Fsp3) is 0.263. The van der Waals surface area contributed by atoms with E-state index in [1.54, 1.807) is 12.1 Å². The zero-order chi connectivity index (χ0) is 19.9. The highest BCUT2D eigenvalue weighted by Crippen LogP contribution is 2.29. The van der Waals surface area contributed by atoms with Crippen LogP contribution in [0.1, 0.15) is 11.1 Å². The van der Waals surface area contributed by atoms with Gasteiger partial charge in [0.1, 0.15) is 5.69 Å². The van der Waals surface area contributed by atoms with Crippen LogP contribution in [0.25, 0.3) is 0 Å². The van der Waals surface area contributed by atoms with Crippen LogP contribution in [0.4, 0.5) is 11.4 Å². The van der Waals surface area contributed by atoms with Crippen LogP contribution < -0.4 is 10.3 Å². The Balaban J connectivity index is 1.64. The third kappa shape index (κ3) is 5.37. The molecule has 8 nitrogen and oxygen atoms in total. The third-order valence-corrected chi connectivity index (χ3v) is 4.76. The van der Waals surface area contributed by atoms with Gasteiger partial charge in [0.15, 0.2) is 0 Å². The zero-order valence-electron chi connectivity index (χ0n) is 15.0. The Morgan fingerprint density at radius 2 is 1.96 bits per heavy atom. The van der Waals surface area contributed by atoms with Gasteiger partial charge in [0.05, 0.1) is 30.8 Å². The van der Waals surface area contributed by atoms with E-state index in [-0.39, 0.29) is 18.0 Å². The molecule has 9 heteroatoms. The maximum absolute atomic E-state index is 12.0. The fourth-order valence-corrected chi connectivity index (χ4v) is 3.11. The molecule has 0 atom stereocenters. The summed E-state index contributed by atoms with van der Waals surface area (Å²) in [6, 6.07) is 12.3. The summed E-state index contributed by atoms with van der Waals surface area (Å²) in [4.78, 5) is 24.9. The van der Waals surface area contributed by atoms with Gasteiger partial charge in [0, 0.05) is 29.2 Å². The van der Waals surface area contributed by atoms with Crippen molar-refractivity contribution in [2.75, 3.05) is 31.2 Å². The standard InChI is InChI=1S/C19H19BrN4O4/c20-16-4-1-14(2-5-16)12-19(25)22-21-13-15-3-6-17(18(11-15)24(26)27)23-7-9-28-10-8-23/h1-6,11,13H,7-10,12H2,(H,22,25)/b21-13+. The van der Waals surface area contributed by atoms with Crippen molar-refractivity contribution < 1.29 is 14.5 Å². The minimum Gasteiger partial charge on any atom is -0.378 e. The molecule has 0 radical (unpaired) electrons. The molecule has 0 saturated carbocycles. The number of hydrogen-bond acceptors (Lipinski definition) is 6. The number of benzene rings is 2. The quantitative estimate of drug-likeness (QED) is 0.417. The van der Waals surface area contributed by atoms with Crippen molar-refractivity contribution in [2.24, 2.45) is 5.10 Å². The van der Waals surface area contributed by atoms with Crippen molar-refractivity contribution in [3.63, 3.8) is 0 Å². The Hall–Kier alpha value is -2.78. The molecule has 1 aliphatic heterocycles. The summed E-state index contributed by atoms with van der Waals surface area (Å²) in [5.74, 6) is -0.266. The Morgan fingerprint density at radius 3 is 2.64 bits per heavy atom. The van der Waals surface area contributed by atoms with Gasteiger partial charge >= 0.3 is 0 Å². The monoisotopic (exact) mass is 446 g/mol. The van der Waals surface area contributed by atoms with Gasteiger partial charge in [-0.15, -0.1) is 0 Å². The summed E-state index contributed by atoms with van der Waals surface area (Å²) in [6.07, 6.45) is 1.59. The average molecular weight is 447 g/mol. The number of carbonyl (C=O) groups excluding carboxylic acids is 1. The number of anilines is 1. The number of amides is 1. The first-order valence-corrected chi connectivity index (χ1v) is 9.50. The average Bonchev–Trinajstić information content (AvgIpc) is 2.70. The lowest BCUT2D eigenvalue weighted by molar-refractivity contribution is -0.384. The number of ether oxygens (including phenoxy) is 1. The highest BCUT2D eigenvalue weighted by atomic mass is 79.9. The van der Waals surface area contributed by atoms with Crippen LogP contribution in [0.5, 0.6) is 0 Å². The van der Waals surface area contributed by atoms with E-state index in [1.807, 2.05) is 29.2 Å².